The summed E-state index contributed by atoms with van der Waals surface area (Å²) in [4.78, 5) is 15.3. The first-order valence-electron chi connectivity index (χ1n) is 6.58. The third kappa shape index (κ3) is 4.47. The van der Waals surface area contributed by atoms with Crippen molar-refractivity contribution in [3.63, 3.8) is 0 Å². The number of benzene rings is 1. The molecule has 0 spiro atoms. The van der Waals surface area contributed by atoms with Crippen molar-refractivity contribution in [2.24, 2.45) is 0 Å². The first-order valence-corrected chi connectivity index (χ1v) is 7.38. The van der Waals surface area contributed by atoms with Crippen LogP contribution < -0.4 is 4.74 Å². The molecule has 110 valence electrons. The number of nitrogens with zero attached hydrogens (tertiary/aromatic N) is 2. The molecule has 0 bridgehead atoms. The van der Waals surface area contributed by atoms with Crippen LogP contribution in [-0.4, -0.2) is 60.7 Å². The molecule has 0 atom stereocenters. The Morgan fingerprint density at radius 3 is 2.70 bits per heavy atom. The quantitative estimate of drug-likeness (QED) is 0.881. The van der Waals surface area contributed by atoms with Crippen LogP contribution >= 0.6 is 15.9 Å². The third-order valence-corrected chi connectivity index (χ3v) is 3.86. The van der Waals surface area contributed by atoms with E-state index in [2.05, 4.69) is 32.8 Å². The van der Waals surface area contributed by atoms with Crippen molar-refractivity contribution in [3.05, 3.63) is 28.2 Å². The standard InChI is InChI=1S/C14H19BrN2O3/c1-16-4-6-17(7-5-16)9-11-8-12(15)2-3-13(11)20-10-14(18)19/h2-3,8H,4-7,9-10H2,1H3,(H,18,19). The Morgan fingerprint density at radius 2 is 2.05 bits per heavy atom. The summed E-state index contributed by atoms with van der Waals surface area (Å²) in [5.41, 5.74) is 1.02. The van der Waals surface area contributed by atoms with E-state index in [9.17, 15) is 4.79 Å². The van der Waals surface area contributed by atoms with Crippen LogP contribution in [0.5, 0.6) is 5.75 Å². The van der Waals surface area contributed by atoms with E-state index >= 15 is 0 Å². The van der Waals surface area contributed by atoms with Crippen molar-refractivity contribution in [2.45, 2.75) is 6.54 Å². The van der Waals surface area contributed by atoms with Crippen LogP contribution in [0.2, 0.25) is 0 Å². The molecule has 1 aromatic carbocycles. The van der Waals surface area contributed by atoms with Crippen molar-refractivity contribution >= 4 is 21.9 Å². The number of piperazine rings is 1. The minimum Gasteiger partial charge on any atom is -0.482 e. The van der Waals surface area contributed by atoms with Gasteiger partial charge in [-0.3, -0.25) is 4.90 Å². The largest absolute Gasteiger partial charge is 0.482 e. The summed E-state index contributed by atoms with van der Waals surface area (Å²) in [5, 5.41) is 8.72. The number of ether oxygens (including phenoxy) is 1. The summed E-state index contributed by atoms with van der Waals surface area (Å²) in [6.45, 7) is 4.61. The van der Waals surface area contributed by atoms with Gasteiger partial charge in [0.2, 0.25) is 0 Å². The van der Waals surface area contributed by atoms with Gasteiger partial charge in [0, 0.05) is 42.8 Å². The molecule has 0 unspecified atom stereocenters. The lowest BCUT2D eigenvalue weighted by Crippen LogP contribution is -2.43. The summed E-state index contributed by atoms with van der Waals surface area (Å²) in [6.07, 6.45) is 0. The predicted molar refractivity (Wildman–Crippen MR) is 80.0 cm³/mol. The van der Waals surface area contributed by atoms with Gasteiger partial charge in [-0.25, -0.2) is 4.79 Å². The Morgan fingerprint density at radius 1 is 1.35 bits per heavy atom. The molecule has 20 heavy (non-hydrogen) atoms. The van der Waals surface area contributed by atoms with E-state index in [0.717, 1.165) is 42.8 Å². The molecule has 0 aromatic heterocycles. The molecule has 0 saturated carbocycles. The van der Waals surface area contributed by atoms with Crippen LogP contribution in [0.3, 0.4) is 0 Å². The number of likely N-dealkylation sites (N-methyl/N-ethyl adjacent to an activating group) is 1. The highest BCUT2D eigenvalue weighted by atomic mass is 79.9. The fourth-order valence-electron chi connectivity index (χ4n) is 2.20. The van der Waals surface area contributed by atoms with Crippen LogP contribution in [0, 0.1) is 0 Å². The molecule has 1 heterocycles. The van der Waals surface area contributed by atoms with E-state index in [-0.39, 0.29) is 6.61 Å². The SMILES string of the molecule is CN1CCN(Cc2cc(Br)ccc2OCC(=O)O)CC1. The first kappa shape index (κ1) is 15.3. The van der Waals surface area contributed by atoms with Crippen molar-refractivity contribution in [1.82, 2.24) is 9.80 Å². The maximum absolute atomic E-state index is 10.6. The topological polar surface area (TPSA) is 53.0 Å². The molecule has 1 N–H and O–H groups in total. The van der Waals surface area contributed by atoms with E-state index in [1.54, 1.807) is 0 Å². The molecule has 0 radical (unpaired) electrons. The number of rotatable bonds is 5. The fraction of sp³-hybridized carbons (Fsp3) is 0.500. The minimum absolute atomic E-state index is 0.308. The molecule has 1 aliphatic rings. The number of carboxylic acids is 1. The summed E-state index contributed by atoms with van der Waals surface area (Å²) in [6, 6.07) is 5.68. The zero-order valence-electron chi connectivity index (χ0n) is 11.5. The normalized spacial score (nSPS) is 17.1. The minimum atomic E-state index is -0.960. The van der Waals surface area contributed by atoms with Crippen molar-refractivity contribution in [2.75, 3.05) is 39.8 Å². The van der Waals surface area contributed by atoms with E-state index < -0.39 is 5.97 Å². The molecule has 2 rings (SSSR count). The number of hydrogen-bond donors (Lipinski definition) is 1. The van der Waals surface area contributed by atoms with Crippen LogP contribution in [0.4, 0.5) is 0 Å². The summed E-state index contributed by atoms with van der Waals surface area (Å²) in [5.74, 6) is -0.312. The van der Waals surface area contributed by atoms with Gasteiger partial charge in [-0.15, -0.1) is 0 Å². The average molecular weight is 343 g/mol. The average Bonchev–Trinajstić information content (AvgIpc) is 2.40. The molecule has 0 aliphatic carbocycles. The molecule has 5 nitrogen and oxygen atoms in total. The third-order valence-electron chi connectivity index (χ3n) is 3.36. The number of halogens is 1. The lowest BCUT2D eigenvalue weighted by atomic mass is 10.1. The Bertz CT molecular complexity index is 473. The molecule has 1 fully saturated rings. The summed E-state index contributed by atoms with van der Waals surface area (Å²) in [7, 11) is 2.12. The van der Waals surface area contributed by atoms with Gasteiger partial charge in [0.1, 0.15) is 5.75 Å². The number of aliphatic carboxylic acids is 1. The molecule has 1 saturated heterocycles. The van der Waals surface area contributed by atoms with Crippen LogP contribution in [0.1, 0.15) is 5.56 Å². The van der Waals surface area contributed by atoms with Gasteiger partial charge in [0.05, 0.1) is 0 Å². The lowest BCUT2D eigenvalue weighted by molar-refractivity contribution is -0.139. The van der Waals surface area contributed by atoms with E-state index in [1.165, 1.54) is 0 Å². The Kier molecular flexibility index (Phi) is 5.39. The molecular formula is C14H19BrN2O3. The highest BCUT2D eigenvalue weighted by Gasteiger charge is 2.16. The van der Waals surface area contributed by atoms with Gasteiger partial charge in [-0.05, 0) is 25.2 Å². The number of carboxylic acid groups (broad SMARTS) is 1. The van der Waals surface area contributed by atoms with Crippen molar-refractivity contribution < 1.29 is 14.6 Å². The molecule has 6 heteroatoms. The predicted octanol–water partition coefficient (Wildman–Crippen LogP) is 1.66. The number of hydrogen-bond acceptors (Lipinski definition) is 4. The van der Waals surface area contributed by atoms with Gasteiger partial charge in [0.25, 0.3) is 0 Å². The molecule has 0 amide bonds. The Hall–Kier alpha value is -1.11. The second-order valence-corrected chi connectivity index (χ2v) is 5.93. The highest BCUT2D eigenvalue weighted by molar-refractivity contribution is 9.10. The van der Waals surface area contributed by atoms with Gasteiger partial charge < -0.3 is 14.7 Å². The highest BCUT2D eigenvalue weighted by Crippen LogP contribution is 2.25. The smallest absolute Gasteiger partial charge is 0.341 e. The van der Waals surface area contributed by atoms with Crippen LogP contribution in [0.25, 0.3) is 0 Å². The first-order chi connectivity index (χ1) is 9.54. The second-order valence-electron chi connectivity index (χ2n) is 5.01. The van der Waals surface area contributed by atoms with Gasteiger partial charge >= 0.3 is 5.97 Å². The second kappa shape index (κ2) is 7.06. The van der Waals surface area contributed by atoms with Crippen LogP contribution in [0.15, 0.2) is 22.7 Å². The zero-order valence-corrected chi connectivity index (χ0v) is 13.1. The van der Waals surface area contributed by atoms with Gasteiger partial charge in [-0.1, -0.05) is 15.9 Å². The van der Waals surface area contributed by atoms with Gasteiger partial charge in [-0.2, -0.15) is 0 Å². The van der Waals surface area contributed by atoms with E-state index in [1.807, 2.05) is 18.2 Å². The molecule has 1 aromatic rings. The maximum Gasteiger partial charge on any atom is 0.341 e. The Labute approximate surface area is 127 Å². The van der Waals surface area contributed by atoms with Crippen molar-refractivity contribution in [1.29, 1.82) is 0 Å². The van der Waals surface area contributed by atoms with Crippen LogP contribution in [-0.2, 0) is 11.3 Å². The summed E-state index contributed by atoms with van der Waals surface area (Å²) >= 11 is 3.45. The summed E-state index contributed by atoms with van der Waals surface area (Å²) < 4.78 is 6.33. The monoisotopic (exact) mass is 342 g/mol. The van der Waals surface area contributed by atoms with Crippen molar-refractivity contribution in [3.8, 4) is 5.75 Å². The fourth-order valence-corrected chi connectivity index (χ4v) is 2.61. The zero-order chi connectivity index (χ0) is 14.5. The molecular weight excluding hydrogens is 324 g/mol. The van der Waals surface area contributed by atoms with Gasteiger partial charge in [0.15, 0.2) is 6.61 Å². The maximum atomic E-state index is 10.6. The molecule has 1 aliphatic heterocycles. The lowest BCUT2D eigenvalue weighted by Gasteiger charge is -2.32. The number of carbonyl (C=O) groups is 1. The van der Waals surface area contributed by atoms with E-state index in [0.29, 0.717) is 5.75 Å². The Balaban J connectivity index is 2.04. The van der Waals surface area contributed by atoms with E-state index in [4.69, 9.17) is 9.84 Å².